The number of rotatable bonds is 6. The standard InChI is InChI=1S/C27H21F2N5O2/c1-15(13-30)34(26(35)12-19-11-21-23(29)9-18(28)10-25(21)32-19)14-22-20-8-17(16-4-6-31-7-5-16)2-3-24(20)33-27(22)36/h2-11,15,22,32H,12,14H2,1H3,(H,33,36). The second-order valence-corrected chi connectivity index (χ2v) is 8.75. The Morgan fingerprint density at radius 2 is 1.92 bits per heavy atom. The Morgan fingerprint density at radius 3 is 2.67 bits per heavy atom. The van der Waals surface area contributed by atoms with Gasteiger partial charge in [0.2, 0.25) is 11.8 Å². The molecule has 0 saturated carbocycles. The first-order valence-corrected chi connectivity index (χ1v) is 11.3. The highest BCUT2D eigenvalue weighted by Crippen LogP contribution is 2.36. The number of halogens is 2. The minimum Gasteiger partial charge on any atom is -0.358 e. The number of nitrogens with zero attached hydrogens (tertiary/aromatic N) is 3. The van der Waals surface area contributed by atoms with E-state index in [1.165, 1.54) is 11.0 Å². The third-order valence-corrected chi connectivity index (χ3v) is 6.42. The van der Waals surface area contributed by atoms with E-state index >= 15 is 0 Å². The van der Waals surface area contributed by atoms with Gasteiger partial charge in [-0.15, -0.1) is 0 Å². The van der Waals surface area contributed by atoms with Gasteiger partial charge in [-0.1, -0.05) is 6.07 Å². The van der Waals surface area contributed by atoms with Gasteiger partial charge in [-0.05, 0) is 60.0 Å². The fraction of sp³-hybridized carbons (Fsp3) is 0.185. The predicted octanol–water partition coefficient (Wildman–Crippen LogP) is 4.53. The number of aromatic amines is 1. The maximum atomic E-state index is 14.1. The molecule has 2 unspecified atom stereocenters. The van der Waals surface area contributed by atoms with Gasteiger partial charge in [0.15, 0.2) is 0 Å². The Hall–Kier alpha value is -4.58. The van der Waals surface area contributed by atoms with Crippen molar-refractivity contribution < 1.29 is 18.4 Å². The number of carbonyl (C=O) groups excluding carboxylic acids is 2. The molecule has 2 N–H and O–H groups in total. The van der Waals surface area contributed by atoms with Crippen LogP contribution in [-0.2, 0) is 16.0 Å². The molecule has 4 aromatic rings. The SMILES string of the molecule is CC(C#N)N(CC1C(=O)Nc2ccc(-c3ccncc3)cc21)C(=O)Cc1cc2c(F)cc(F)cc2[nH]1. The van der Waals surface area contributed by atoms with Crippen molar-refractivity contribution in [1.29, 1.82) is 5.26 Å². The molecule has 0 spiro atoms. The fourth-order valence-corrected chi connectivity index (χ4v) is 4.55. The van der Waals surface area contributed by atoms with E-state index < -0.39 is 29.5 Å². The largest absolute Gasteiger partial charge is 0.358 e. The predicted molar refractivity (Wildman–Crippen MR) is 130 cm³/mol. The molecule has 1 aliphatic rings. The van der Waals surface area contributed by atoms with Crippen LogP contribution in [0.3, 0.4) is 0 Å². The van der Waals surface area contributed by atoms with E-state index in [1.807, 2.05) is 30.3 Å². The Morgan fingerprint density at radius 1 is 1.14 bits per heavy atom. The van der Waals surface area contributed by atoms with Gasteiger partial charge in [0.05, 0.1) is 23.9 Å². The zero-order chi connectivity index (χ0) is 25.4. The van der Waals surface area contributed by atoms with E-state index in [1.54, 1.807) is 19.3 Å². The highest BCUT2D eigenvalue weighted by molar-refractivity contribution is 6.04. The molecule has 0 aliphatic carbocycles. The maximum absolute atomic E-state index is 14.1. The summed E-state index contributed by atoms with van der Waals surface area (Å²) in [6.45, 7) is 1.58. The molecule has 0 fully saturated rings. The summed E-state index contributed by atoms with van der Waals surface area (Å²) >= 11 is 0. The summed E-state index contributed by atoms with van der Waals surface area (Å²) in [6, 6.07) is 14.0. The molecule has 2 aromatic heterocycles. The van der Waals surface area contributed by atoms with E-state index in [9.17, 15) is 23.6 Å². The number of benzene rings is 2. The van der Waals surface area contributed by atoms with E-state index in [0.717, 1.165) is 28.8 Å². The molecule has 1 aliphatic heterocycles. The van der Waals surface area contributed by atoms with Crippen LogP contribution >= 0.6 is 0 Å². The molecule has 0 saturated heterocycles. The lowest BCUT2D eigenvalue weighted by Gasteiger charge is -2.27. The first-order valence-electron chi connectivity index (χ1n) is 11.3. The molecular formula is C27H21F2N5O2. The van der Waals surface area contributed by atoms with Crippen LogP contribution < -0.4 is 5.32 Å². The highest BCUT2D eigenvalue weighted by Gasteiger charge is 2.35. The molecule has 7 nitrogen and oxygen atoms in total. The van der Waals surface area contributed by atoms with Crippen LogP contribution in [0, 0.1) is 23.0 Å². The molecule has 2 amide bonds. The molecule has 36 heavy (non-hydrogen) atoms. The zero-order valence-electron chi connectivity index (χ0n) is 19.3. The van der Waals surface area contributed by atoms with Gasteiger partial charge in [-0.2, -0.15) is 5.26 Å². The number of H-pyrrole nitrogens is 1. The van der Waals surface area contributed by atoms with Crippen LogP contribution in [0.15, 0.2) is 60.9 Å². The Bertz CT molecular complexity index is 1530. The van der Waals surface area contributed by atoms with Crippen LogP contribution in [0.4, 0.5) is 14.5 Å². The Balaban J connectivity index is 1.42. The molecule has 3 heterocycles. The van der Waals surface area contributed by atoms with Crippen LogP contribution in [0.2, 0.25) is 0 Å². The smallest absolute Gasteiger partial charge is 0.233 e. The number of nitriles is 1. The number of pyridine rings is 1. The highest BCUT2D eigenvalue weighted by atomic mass is 19.1. The van der Waals surface area contributed by atoms with Crippen molar-refractivity contribution in [3.63, 3.8) is 0 Å². The first-order chi connectivity index (χ1) is 17.3. The number of nitrogens with one attached hydrogen (secondary N) is 2. The summed E-state index contributed by atoms with van der Waals surface area (Å²) in [5.41, 5.74) is 3.85. The van der Waals surface area contributed by atoms with Crippen LogP contribution in [0.5, 0.6) is 0 Å². The van der Waals surface area contributed by atoms with Crippen LogP contribution in [-0.4, -0.2) is 39.3 Å². The van der Waals surface area contributed by atoms with Crippen molar-refractivity contribution in [3.05, 3.63) is 83.8 Å². The minimum atomic E-state index is -0.809. The summed E-state index contributed by atoms with van der Waals surface area (Å²) in [7, 11) is 0. The first kappa shape index (κ1) is 23.2. The van der Waals surface area contributed by atoms with Gasteiger partial charge in [-0.25, -0.2) is 8.78 Å². The quantitative estimate of drug-likeness (QED) is 0.419. The fourth-order valence-electron chi connectivity index (χ4n) is 4.55. The van der Waals surface area contributed by atoms with Crippen molar-refractivity contribution in [2.24, 2.45) is 0 Å². The molecule has 2 atom stereocenters. The second kappa shape index (κ2) is 9.23. The lowest BCUT2D eigenvalue weighted by molar-refractivity contribution is -0.132. The number of amides is 2. The summed E-state index contributed by atoms with van der Waals surface area (Å²) in [6.07, 6.45) is 3.20. The van der Waals surface area contributed by atoms with Gasteiger partial charge in [-0.3, -0.25) is 14.6 Å². The van der Waals surface area contributed by atoms with Crippen molar-refractivity contribution in [1.82, 2.24) is 14.9 Å². The van der Waals surface area contributed by atoms with Gasteiger partial charge in [0, 0.05) is 41.8 Å². The molecule has 0 bridgehead atoms. The van der Waals surface area contributed by atoms with Gasteiger partial charge in [0.1, 0.15) is 17.7 Å². The number of hydrogen-bond acceptors (Lipinski definition) is 4. The van der Waals surface area contributed by atoms with E-state index in [4.69, 9.17) is 0 Å². The molecule has 0 radical (unpaired) electrons. The molecule has 9 heteroatoms. The summed E-state index contributed by atoms with van der Waals surface area (Å²) in [5, 5.41) is 12.6. The van der Waals surface area contributed by atoms with Crippen LogP contribution in [0.1, 0.15) is 24.1 Å². The minimum absolute atomic E-state index is 0.00455. The zero-order valence-corrected chi connectivity index (χ0v) is 19.3. The number of hydrogen-bond donors (Lipinski definition) is 2. The molecular weight excluding hydrogens is 464 g/mol. The van der Waals surface area contributed by atoms with E-state index in [0.29, 0.717) is 11.4 Å². The monoisotopic (exact) mass is 485 g/mol. The van der Waals surface area contributed by atoms with Crippen molar-refractivity contribution >= 4 is 28.4 Å². The summed E-state index contributed by atoms with van der Waals surface area (Å²) < 4.78 is 27.7. The molecule has 5 rings (SSSR count). The number of aromatic nitrogens is 2. The summed E-state index contributed by atoms with van der Waals surface area (Å²) in [5.74, 6) is -2.80. The van der Waals surface area contributed by atoms with Crippen molar-refractivity contribution in [2.75, 3.05) is 11.9 Å². The third kappa shape index (κ3) is 4.29. The van der Waals surface area contributed by atoms with E-state index in [2.05, 4.69) is 21.4 Å². The average molecular weight is 485 g/mol. The number of carbonyl (C=O) groups is 2. The normalized spacial score (nSPS) is 15.3. The lowest BCUT2D eigenvalue weighted by Crippen LogP contribution is -2.42. The topological polar surface area (TPSA) is 102 Å². The molecule has 2 aromatic carbocycles. The van der Waals surface area contributed by atoms with Gasteiger partial charge >= 0.3 is 0 Å². The average Bonchev–Trinajstić information content (AvgIpc) is 3.41. The summed E-state index contributed by atoms with van der Waals surface area (Å²) in [4.78, 5) is 34.4. The van der Waals surface area contributed by atoms with Crippen LogP contribution in [0.25, 0.3) is 22.0 Å². The maximum Gasteiger partial charge on any atom is 0.233 e. The second-order valence-electron chi connectivity index (χ2n) is 8.75. The van der Waals surface area contributed by atoms with Gasteiger partial charge in [0.25, 0.3) is 0 Å². The number of anilines is 1. The Kier molecular flexibility index (Phi) is 5.94. The lowest BCUT2D eigenvalue weighted by atomic mass is 9.95. The Labute approximate surface area is 205 Å². The number of fused-ring (bicyclic) bond motifs is 2. The van der Waals surface area contributed by atoms with Crippen molar-refractivity contribution in [3.8, 4) is 17.2 Å². The van der Waals surface area contributed by atoms with Gasteiger partial charge < -0.3 is 15.2 Å². The van der Waals surface area contributed by atoms with Crippen molar-refractivity contribution in [2.45, 2.75) is 25.3 Å². The van der Waals surface area contributed by atoms with E-state index in [-0.39, 0.29) is 29.8 Å². The molecule has 180 valence electrons. The third-order valence-electron chi connectivity index (χ3n) is 6.42.